The van der Waals surface area contributed by atoms with Crippen molar-refractivity contribution in [3.05, 3.63) is 23.7 Å². The highest BCUT2D eigenvalue weighted by Crippen LogP contribution is 2.24. The molecule has 0 saturated carbocycles. The lowest BCUT2D eigenvalue weighted by atomic mass is 10.4. The maximum absolute atomic E-state index is 5.46. The van der Waals surface area contributed by atoms with Crippen LogP contribution in [-0.4, -0.2) is 19.0 Å². The molecule has 0 aromatic carbocycles. The Labute approximate surface area is 80.5 Å². The number of nitrogens with two attached hydrogens (primary N) is 2. The number of hydrazone groups is 1. The molecular formula is C8H11N3O3. The van der Waals surface area contributed by atoms with Crippen LogP contribution in [0.4, 0.5) is 0 Å². The molecule has 2 rings (SSSR count). The summed E-state index contributed by atoms with van der Waals surface area (Å²) in [6.45, 7) is 1.14. The van der Waals surface area contributed by atoms with E-state index in [0.29, 0.717) is 24.7 Å². The number of furan rings is 1. The molecule has 1 aromatic heterocycles. The summed E-state index contributed by atoms with van der Waals surface area (Å²) in [6, 6.07) is 3.40. The zero-order chi connectivity index (χ0) is 9.97. The van der Waals surface area contributed by atoms with Crippen molar-refractivity contribution in [3.63, 3.8) is 0 Å². The molecular weight excluding hydrogens is 186 g/mol. The minimum Gasteiger partial charge on any atom is -0.452 e. The van der Waals surface area contributed by atoms with Crippen molar-refractivity contribution in [3.8, 4) is 0 Å². The highest BCUT2D eigenvalue weighted by molar-refractivity contribution is 5.94. The number of hydrogen-bond acceptors (Lipinski definition) is 5. The van der Waals surface area contributed by atoms with Crippen LogP contribution in [0.1, 0.15) is 17.8 Å². The summed E-state index contributed by atoms with van der Waals surface area (Å²) in [5.74, 6) is 6.15. The molecule has 2 heterocycles. The van der Waals surface area contributed by atoms with Gasteiger partial charge < -0.3 is 25.5 Å². The number of amidine groups is 1. The predicted octanol–water partition coefficient (Wildman–Crippen LogP) is -0.0960. The predicted molar refractivity (Wildman–Crippen MR) is 48.3 cm³/mol. The molecule has 6 heteroatoms. The largest absolute Gasteiger partial charge is 0.452 e. The van der Waals surface area contributed by atoms with Gasteiger partial charge in [-0.05, 0) is 12.1 Å². The van der Waals surface area contributed by atoms with Gasteiger partial charge in [-0.1, -0.05) is 0 Å². The second-order valence-corrected chi connectivity index (χ2v) is 2.79. The Balaban J connectivity index is 2.16. The van der Waals surface area contributed by atoms with Crippen LogP contribution in [0.2, 0.25) is 0 Å². The Bertz CT molecular complexity index is 341. The van der Waals surface area contributed by atoms with Crippen LogP contribution in [0.3, 0.4) is 0 Å². The molecule has 0 unspecified atom stereocenters. The van der Waals surface area contributed by atoms with E-state index in [4.69, 9.17) is 25.5 Å². The summed E-state index contributed by atoms with van der Waals surface area (Å²) in [6.07, 6.45) is -0.436. The lowest BCUT2D eigenvalue weighted by Crippen LogP contribution is -2.14. The van der Waals surface area contributed by atoms with Crippen molar-refractivity contribution < 1.29 is 13.9 Å². The summed E-state index contributed by atoms with van der Waals surface area (Å²) in [4.78, 5) is 0. The minimum atomic E-state index is -0.436. The van der Waals surface area contributed by atoms with Gasteiger partial charge in [-0.25, -0.2) is 0 Å². The molecule has 0 aliphatic carbocycles. The van der Waals surface area contributed by atoms with Crippen LogP contribution in [0.15, 0.2) is 21.7 Å². The third-order valence-corrected chi connectivity index (χ3v) is 1.87. The Kier molecular flexibility index (Phi) is 2.38. The molecule has 76 valence electrons. The van der Waals surface area contributed by atoms with Gasteiger partial charge in [0.15, 0.2) is 17.4 Å². The van der Waals surface area contributed by atoms with Gasteiger partial charge in [-0.3, -0.25) is 0 Å². The van der Waals surface area contributed by atoms with Gasteiger partial charge in [0, 0.05) is 0 Å². The van der Waals surface area contributed by atoms with Gasteiger partial charge in [0.1, 0.15) is 0 Å². The zero-order valence-electron chi connectivity index (χ0n) is 7.47. The molecule has 0 amide bonds. The third-order valence-electron chi connectivity index (χ3n) is 1.87. The van der Waals surface area contributed by atoms with E-state index in [0.717, 1.165) is 0 Å². The fourth-order valence-electron chi connectivity index (χ4n) is 1.20. The molecule has 0 bridgehead atoms. The third kappa shape index (κ3) is 1.57. The van der Waals surface area contributed by atoms with Crippen LogP contribution in [0.5, 0.6) is 0 Å². The number of nitrogens with zero attached hydrogens (tertiary/aromatic N) is 1. The monoisotopic (exact) mass is 197 g/mol. The van der Waals surface area contributed by atoms with E-state index in [-0.39, 0.29) is 5.84 Å². The molecule has 1 aliphatic rings. The molecule has 6 nitrogen and oxygen atoms in total. The van der Waals surface area contributed by atoms with Gasteiger partial charge >= 0.3 is 0 Å². The van der Waals surface area contributed by atoms with Gasteiger partial charge in [-0.15, -0.1) is 0 Å². The first-order valence-electron chi connectivity index (χ1n) is 4.18. The fourth-order valence-corrected chi connectivity index (χ4v) is 1.20. The smallest absolute Gasteiger partial charge is 0.217 e. The number of ether oxygens (including phenoxy) is 2. The van der Waals surface area contributed by atoms with Crippen molar-refractivity contribution in [2.45, 2.75) is 6.29 Å². The Hall–Kier alpha value is -1.53. The topological polar surface area (TPSA) is 96.0 Å². The van der Waals surface area contributed by atoms with Gasteiger partial charge in [0.2, 0.25) is 6.29 Å². The Morgan fingerprint density at radius 3 is 2.71 bits per heavy atom. The summed E-state index contributed by atoms with van der Waals surface area (Å²) < 4.78 is 15.8. The molecule has 14 heavy (non-hydrogen) atoms. The molecule has 1 aliphatic heterocycles. The normalized spacial score (nSPS) is 19.0. The van der Waals surface area contributed by atoms with Gasteiger partial charge in [0.25, 0.3) is 0 Å². The number of rotatable bonds is 2. The van der Waals surface area contributed by atoms with Crippen LogP contribution in [0.25, 0.3) is 0 Å². The molecule has 0 radical (unpaired) electrons. The van der Waals surface area contributed by atoms with Crippen molar-refractivity contribution in [1.82, 2.24) is 0 Å². The maximum atomic E-state index is 5.46. The first-order valence-corrected chi connectivity index (χ1v) is 4.18. The summed E-state index contributed by atoms with van der Waals surface area (Å²) >= 11 is 0. The maximum Gasteiger partial charge on any atom is 0.217 e. The van der Waals surface area contributed by atoms with Crippen LogP contribution >= 0.6 is 0 Å². The van der Waals surface area contributed by atoms with E-state index in [2.05, 4.69) is 5.10 Å². The molecule has 1 saturated heterocycles. The molecule has 0 atom stereocenters. The van der Waals surface area contributed by atoms with E-state index in [1.165, 1.54) is 0 Å². The lowest BCUT2D eigenvalue weighted by Gasteiger charge is -2.03. The van der Waals surface area contributed by atoms with Gasteiger partial charge in [0.05, 0.1) is 13.2 Å². The highest BCUT2D eigenvalue weighted by Gasteiger charge is 2.22. The second kappa shape index (κ2) is 3.69. The van der Waals surface area contributed by atoms with E-state index >= 15 is 0 Å². The van der Waals surface area contributed by atoms with Crippen molar-refractivity contribution in [2.75, 3.05) is 13.2 Å². The van der Waals surface area contributed by atoms with E-state index in [9.17, 15) is 0 Å². The molecule has 4 N–H and O–H groups in total. The van der Waals surface area contributed by atoms with E-state index in [1.54, 1.807) is 12.1 Å². The Morgan fingerprint density at radius 1 is 1.36 bits per heavy atom. The molecule has 1 aromatic rings. The van der Waals surface area contributed by atoms with Crippen molar-refractivity contribution in [1.29, 1.82) is 0 Å². The van der Waals surface area contributed by atoms with Crippen LogP contribution < -0.4 is 11.6 Å². The zero-order valence-corrected chi connectivity index (χ0v) is 7.47. The van der Waals surface area contributed by atoms with E-state index < -0.39 is 6.29 Å². The van der Waals surface area contributed by atoms with Crippen LogP contribution in [0, 0.1) is 0 Å². The lowest BCUT2D eigenvalue weighted by molar-refractivity contribution is -0.0589. The average molecular weight is 197 g/mol. The van der Waals surface area contributed by atoms with E-state index in [1.807, 2.05) is 0 Å². The van der Waals surface area contributed by atoms with Crippen molar-refractivity contribution in [2.24, 2.45) is 16.7 Å². The summed E-state index contributed by atoms with van der Waals surface area (Å²) in [5, 5.41) is 3.32. The average Bonchev–Trinajstić information content (AvgIpc) is 2.86. The highest BCUT2D eigenvalue weighted by atomic mass is 16.7. The summed E-state index contributed by atoms with van der Waals surface area (Å²) in [7, 11) is 0. The first-order chi connectivity index (χ1) is 6.81. The fraction of sp³-hybridized carbons (Fsp3) is 0.375. The number of hydrogen-bond donors (Lipinski definition) is 2. The SMILES string of the molecule is NN=C(N)c1ccc(C2OCCO2)o1. The second-order valence-electron chi connectivity index (χ2n) is 2.79. The molecule has 0 spiro atoms. The quantitative estimate of drug-likeness (QED) is 0.299. The van der Waals surface area contributed by atoms with Gasteiger partial charge in [-0.2, -0.15) is 5.10 Å². The van der Waals surface area contributed by atoms with Crippen LogP contribution in [-0.2, 0) is 9.47 Å². The Morgan fingerprint density at radius 2 is 2.07 bits per heavy atom. The summed E-state index contributed by atoms with van der Waals surface area (Å²) in [5.41, 5.74) is 5.46. The first kappa shape index (κ1) is 9.04. The molecule has 1 fully saturated rings. The standard InChI is InChI=1S/C8H11N3O3/c9-7(11-10)5-1-2-6(14-5)8-12-3-4-13-8/h1-2,8H,3-4,10H2,(H2,9,11). The van der Waals surface area contributed by atoms with Crippen molar-refractivity contribution >= 4 is 5.84 Å². The minimum absolute atomic E-state index is 0.147.